The summed E-state index contributed by atoms with van der Waals surface area (Å²) in [5, 5.41) is 11.1. The van der Waals surface area contributed by atoms with E-state index in [2.05, 4.69) is 6.07 Å². The molecule has 0 fully saturated rings. The second-order valence-electron chi connectivity index (χ2n) is 5.20. The van der Waals surface area contributed by atoms with E-state index >= 15 is 0 Å². The van der Waals surface area contributed by atoms with Crippen LogP contribution in [0.5, 0.6) is 17.2 Å². The summed E-state index contributed by atoms with van der Waals surface area (Å²) in [5.41, 5.74) is 2.20. The molecule has 0 radical (unpaired) electrons. The third-order valence-electron chi connectivity index (χ3n) is 4.02. The summed E-state index contributed by atoms with van der Waals surface area (Å²) in [4.78, 5) is 0. The first-order chi connectivity index (χ1) is 11.7. The predicted octanol–water partition coefficient (Wildman–Crippen LogP) is 4.40. The first-order valence-electron chi connectivity index (χ1n) is 7.46. The molecule has 0 saturated heterocycles. The van der Waals surface area contributed by atoms with Gasteiger partial charge in [0.05, 0.1) is 38.3 Å². The first kappa shape index (κ1) is 15.7. The van der Waals surface area contributed by atoms with Crippen molar-refractivity contribution >= 4 is 10.8 Å². The van der Waals surface area contributed by atoms with E-state index in [-0.39, 0.29) is 0 Å². The van der Waals surface area contributed by atoms with Gasteiger partial charge >= 0.3 is 0 Å². The van der Waals surface area contributed by atoms with E-state index in [9.17, 15) is 5.26 Å². The fourth-order valence-electron chi connectivity index (χ4n) is 2.95. The van der Waals surface area contributed by atoms with Crippen molar-refractivity contribution in [2.45, 2.75) is 0 Å². The van der Waals surface area contributed by atoms with Crippen molar-refractivity contribution in [3.8, 4) is 34.4 Å². The van der Waals surface area contributed by atoms with Crippen LogP contribution in [0.2, 0.25) is 0 Å². The van der Waals surface area contributed by atoms with Crippen LogP contribution in [0.3, 0.4) is 0 Å². The van der Waals surface area contributed by atoms with Crippen LogP contribution in [0.25, 0.3) is 21.9 Å². The molecule has 3 aromatic carbocycles. The molecule has 0 saturated carbocycles. The minimum atomic E-state index is 0.583. The maximum Gasteiger partial charge on any atom is 0.134 e. The van der Waals surface area contributed by atoms with E-state index in [0.29, 0.717) is 22.8 Å². The molecule has 0 aliphatic rings. The van der Waals surface area contributed by atoms with E-state index < -0.39 is 0 Å². The van der Waals surface area contributed by atoms with Crippen LogP contribution >= 0.6 is 0 Å². The molecule has 0 aliphatic heterocycles. The average molecular weight is 319 g/mol. The van der Waals surface area contributed by atoms with Crippen LogP contribution in [0.4, 0.5) is 0 Å². The molecule has 0 amide bonds. The normalized spacial score (nSPS) is 10.2. The molecule has 0 atom stereocenters. The molecule has 0 N–H and O–H groups in total. The number of hydrogen-bond donors (Lipinski definition) is 0. The van der Waals surface area contributed by atoms with Gasteiger partial charge in [0.2, 0.25) is 0 Å². The van der Waals surface area contributed by atoms with Crippen molar-refractivity contribution in [3.63, 3.8) is 0 Å². The molecule has 4 nitrogen and oxygen atoms in total. The van der Waals surface area contributed by atoms with Crippen LogP contribution in [0.15, 0.2) is 48.5 Å². The summed E-state index contributed by atoms with van der Waals surface area (Å²) in [6.45, 7) is 0. The van der Waals surface area contributed by atoms with Gasteiger partial charge in [0.25, 0.3) is 0 Å². The first-order valence-corrected chi connectivity index (χ1v) is 7.46. The fraction of sp³-hybridized carbons (Fsp3) is 0.150. The molecule has 4 heteroatoms. The zero-order chi connectivity index (χ0) is 17.1. The Morgan fingerprint density at radius 1 is 0.792 bits per heavy atom. The smallest absolute Gasteiger partial charge is 0.134 e. The fourth-order valence-corrected chi connectivity index (χ4v) is 2.95. The Labute approximate surface area is 140 Å². The highest BCUT2D eigenvalue weighted by molar-refractivity contribution is 6.03. The molecule has 0 unspecified atom stereocenters. The summed E-state index contributed by atoms with van der Waals surface area (Å²) in [7, 11) is 4.87. The van der Waals surface area contributed by atoms with Gasteiger partial charge in [-0.1, -0.05) is 30.3 Å². The lowest BCUT2D eigenvalue weighted by molar-refractivity contribution is 0.401. The lowest BCUT2D eigenvalue weighted by atomic mass is 9.95. The number of fused-ring (bicyclic) bond motifs is 1. The molecule has 0 aliphatic carbocycles. The zero-order valence-electron chi connectivity index (χ0n) is 13.8. The Hall–Kier alpha value is -3.19. The van der Waals surface area contributed by atoms with E-state index in [4.69, 9.17) is 14.2 Å². The SMILES string of the molecule is COc1c(-c2ccccc2C#N)cc(OC)c2c(OC)cccc12. The van der Waals surface area contributed by atoms with Crippen molar-refractivity contribution in [2.24, 2.45) is 0 Å². The zero-order valence-corrected chi connectivity index (χ0v) is 13.8. The van der Waals surface area contributed by atoms with Crippen molar-refractivity contribution in [1.82, 2.24) is 0 Å². The Bertz CT molecular complexity index is 942. The average Bonchev–Trinajstić information content (AvgIpc) is 2.65. The van der Waals surface area contributed by atoms with Gasteiger partial charge in [0, 0.05) is 16.5 Å². The predicted molar refractivity (Wildman–Crippen MR) is 93.8 cm³/mol. The monoisotopic (exact) mass is 319 g/mol. The number of ether oxygens (including phenoxy) is 3. The molecule has 0 heterocycles. The van der Waals surface area contributed by atoms with Crippen LogP contribution in [-0.2, 0) is 0 Å². The number of benzene rings is 3. The van der Waals surface area contributed by atoms with Crippen molar-refractivity contribution < 1.29 is 14.2 Å². The number of nitriles is 1. The lowest BCUT2D eigenvalue weighted by Crippen LogP contribution is -1.96. The molecule has 120 valence electrons. The van der Waals surface area contributed by atoms with E-state index in [0.717, 1.165) is 21.9 Å². The number of methoxy groups -OCH3 is 3. The largest absolute Gasteiger partial charge is 0.496 e. The van der Waals surface area contributed by atoms with Crippen molar-refractivity contribution in [3.05, 3.63) is 54.1 Å². The van der Waals surface area contributed by atoms with Crippen molar-refractivity contribution in [2.75, 3.05) is 21.3 Å². The van der Waals surface area contributed by atoms with Crippen LogP contribution < -0.4 is 14.2 Å². The molecule has 24 heavy (non-hydrogen) atoms. The summed E-state index contributed by atoms with van der Waals surface area (Å²) in [6.07, 6.45) is 0. The molecule has 3 aromatic rings. The van der Waals surface area contributed by atoms with Crippen LogP contribution in [-0.4, -0.2) is 21.3 Å². The summed E-state index contributed by atoms with van der Waals surface area (Å²) < 4.78 is 16.7. The Morgan fingerprint density at radius 2 is 1.54 bits per heavy atom. The molecule has 0 bridgehead atoms. The third kappa shape index (κ3) is 2.40. The minimum Gasteiger partial charge on any atom is -0.496 e. The van der Waals surface area contributed by atoms with E-state index in [1.165, 1.54) is 0 Å². The molecule has 0 aromatic heterocycles. The van der Waals surface area contributed by atoms with Gasteiger partial charge in [0.15, 0.2) is 0 Å². The Balaban J connectivity index is 2.44. The lowest BCUT2D eigenvalue weighted by Gasteiger charge is -2.17. The standard InChI is InChI=1S/C20H17NO3/c1-22-17-10-6-9-15-19(17)18(23-2)11-16(20(15)24-3)14-8-5-4-7-13(14)12-21/h4-11H,1-3H3. The molecular formula is C20H17NO3. The number of hydrogen-bond acceptors (Lipinski definition) is 4. The summed E-state index contributed by atoms with van der Waals surface area (Å²) in [6, 6.07) is 17.3. The van der Waals surface area contributed by atoms with Gasteiger partial charge in [0.1, 0.15) is 17.2 Å². The van der Waals surface area contributed by atoms with Crippen molar-refractivity contribution in [1.29, 1.82) is 5.26 Å². The maximum absolute atomic E-state index is 9.42. The number of rotatable bonds is 4. The quantitative estimate of drug-likeness (QED) is 0.715. The highest BCUT2D eigenvalue weighted by Gasteiger charge is 2.19. The van der Waals surface area contributed by atoms with E-state index in [1.54, 1.807) is 27.4 Å². The highest BCUT2D eigenvalue weighted by Crippen LogP contribution is 2.45. The second kappa shape index (κ2) is 6.51. The molecular weight excluding hydrogens is 302 g/mol. The van der Waals surface area contributed by atoms with Gasteiger partial charge in [-0.2, -0.15) is 5.26 Å². The summed E-state index contributed by atoms with van der Waals surface area (Å²) >= 11 is 0. The summed E-state index contributed by atoms with van der Waals surface area (Å²) in [5.74, 6) is 2.07. The van der Waals surface area contributed by atoms with Gasteiger partial charge in [-0.25, -0.2) is 0 Å². The molecule has 3 rings (SSSR count). The van der Waals surface area contributed by atoms with E-state index in [1.807, 2.05) is 42.5 Å². The Kier molecular flexibility index (Phi) is 4.26. The highest BCUT2D eigenvalue weighted by atomic mass is 16.5. The van der Waals surface area contributed by atoms with Gasteiger partial charge in [-0.3, -0.25) is 0 Å². The molecule has 0 spiro atoms. The third-order valence-corrected chi connectivity index (χ3v) is 4.02. The second-order valence-corrected chi connectivity index (χ2v) is 5.20. The van der Waals surface area contributed by atoms with Gasteiger partial charge in [-0.05, 0) is 18.2 Å². The minimum absolute atomic E-state index is 0.583. The van der Waals surface area contributed by atoms with Crippen LogP contribution in [0.1, 0.15) is 5.56 Å². The van der Waals surface area contributed by atoms with Gasteiger partial charge in [-0.15, -0.1) is 0 Å². The van der Waals surface area contributed by atoms with Gasteiger partial charge < -0.3 is 14.2 Å². The topological polar surface area (TPSA) is 51.5 Å². The Morgan fingerprint density at radius 3 is 2.21 bits per heavy atom. The maximum atomic E-state index is 9.42. The number of nitrogens with zero attached hydrogens (tertiary/aromatic N) is 1. The van der Waals surface area contributed by atoms with Crippen LogP contribution in [0, 0.1) is 11.3 Å².